The van der Waals surface area contributed by atoms with E-state index in [1.807, 2.05) is 11.8 Å². The van der Waals surface area contributed by atoms with Crippen LogP contribution >= 0.6 is 11.3 Å². The summed E-state index contributed by atoms with van der Waals surface area (Å²) in [5.74, 6) is 0.817. The zero-order chi connectivity index (χ0) is 14.7. The van der Waals surface area contributed by atoms with Gasteiger partial charge in [-0.15, -0.1) is 0 Å². The fourth-order valence-electron chi connectivity index (χ4n) is 2.37. The van der Waals surface area contributed by atoms with Crippen molar-refractivity contribution in [2.75, 3.05) is 38.5 Å². The van der Waals surface area contributed by atoms with Crippen molar-refractivity contribution in [2.45, 2.75) is 27.2 Å². The number of anilines is 1. The van der Waals surface area contributed by atoms with Crippen LogP contribution < -0.4 is 5.73 Å². The number of thiazole rings is 1. The van der Waals surface area contributed by atoms with Crippen LogP contribution in [0, 0.1) is 12.8 Å². The van der Waals surface area contributed by atoms with E-state index in [-0.39, 0.29) is 5.91 Å². The molecule has 0 atom stereocenters. The average Bonchev–Trinajstić information content (AvgIpc) is 2.75. The first-order valence-corrected chi connectivity index (χ1v) is 8.03. The first-order chi connectivity index (χ1) is 9.47. The standard InChI is InChI=1S/C14H24N4OS/c1-10(2)4-5-17-6-8-18(9-7-17)13(19)12-11(3)16-14(15)20-12/h10H,4-9H2,1-3H3,(H2,15,16). The molecular weight excluding hydrogens is 272 g/mol. The van der Waals surface area contributed by atoms with E-state index in [1.165, 1.54) is 17.8 Å². The van der Waals surface area contributed by atoms with Crippen molar-refractivity contribution in [3.8, 4) is 0 Å². The molecule has 0 bridgehead atoms. The van der Waals surface area contributed by atoms with E-state index in [4.69, 9.17) is 5.73 Å². The van der Waals surface area contributed by atoms with E-state index in [0.717, 1.165) is 44.3 Å². The van der Waals surface area contributed by atoms with Crippen LogP contribution in [0.3, 0.4) is 0 Å². The van der Waals surface area contributed by atoms with Gasteiger partial charge in [0.05, 0.1) is 5.69 Å². The van der Waals surface area contributed by atoms with E-state index in [9.17, 15) is 4.79 Å². The monoisotopic (exact) mass is 296 g/mol. The topological polar surface area (TPSA) is 62.5 Å². The van der Waals surface area contributed by atoms with Gasteiger partial charge in [-0.05, 0) is 25.8 Å². The number of carbonyl (C=O) groups excluding carboxylic acids is 1. The summed E-state index contributed by atoms with van der Waals surface area (Å²) in [6.07, 6.45) is 1.22. The largest absolute Gasteiger partial charge is 0.375 e. The van der Waals surface area contributed by atoms with Crippen LogP contribution in [0.25, 0.3) is 0 Å². The highest BCUT2D eigenvalue weighted by Crippen LogP contribution is 2.22. The maximum atomic E-state index is 12.4. The number of hydrogen-bond acceptors (Lipinski definition) is 5. The minimum absolute atomic E-state index is 0.0835. The number of aryl methyl sites for hydroxylation is 1. The minimum atomic E-state index is 0.0835. The Morgan fingerprint density at radius 1 is 1.35 bits per heavy atom. The average molecular weight is 296 g/mol. The molecule has 0 saturated carbocycles. The van der Waals surface area contributed by atoms with Gasteiger partial charge in [0.1, 0.15) is 4.88 Å². The van der Waals surface area contributed by atoms with Crippen LogP contribution in [-0.4, -0.2) is 53.4 Å². The third-order valence-electron chi connectivity index (χ3n) is 3.69. The Hall–Kier alpha value is -1.14. The Labute approximate surface area is 124 Å². The van der Waals surface area contributed by atoms with Crippen molar-refractivity contribution in [1.29, 1.82) is 0 Å². The van der Waals surface area contributed by atoms with E-state index in [0.29, 0.717) is 10.0 Å². The lowest BCUT2D eigenvalue weighted by Crippen LogP contribution is -2.48. The maximum Gasteiger partial charge on any atom is 0.266 e. The molecule has 1 saturated heterocycles. The van der Waals surface area contributed by atoms with Crippen molar-refractivity contribution in [1.82, 2.24) is 14.8 Å². The SMILES string of the molecule is Cc1nc(N)sc1C(=O)N1CCN(CCC(C)C)CC1. The number of nitrogen functional groups attached to an aromatic ring is 1. The number of nitrogens with zero attached hydrogens (tertiary/aromatic N) is 3. The second kappa shape index (κ2) is 6.54. The van der Waals surface area contributed by atoms with Gasteiger partial charge in [0, 0.05) is 26.2 Å². The molecule has 2 rings (SSSR count). The number of hydrogen-bond donors (Lipinski definition) is 1. The summed E-state index contributed by atoms with van der Waals surface area (Å²) >= 11 is 1.29. The molecule has 0 unspecified atom stereocenters. The van der Waals surface area contributed by atoms with Crippen LogP contribution in [0.2, 0.25) is 0 Å². The van der Waals surface area contributed by atoms with Crippen molar-refractivity contribution in [3.63, 3.8) is 0 Å². The molecule has 2 N–H and O–H groups in total. The summed E-state index contributed by atoms with van der Waals surface area (Å²) in [7, 11) is 0. The Kier molecular flexibility index (Phi) is 4.99. The summed E-state index contributed by atoms with van der Waals surface area (Å²) in [5, 5.41) is 0.474. The molecule has 0 spiro atoms. The van der Waals surface area contributed by atoms with Crippen LogP contribution in [0.1, 0.15) is 35.6 Å². The first-order valence-electron chi connectivity index (χ1n) is 7.22. The van der Waals surface area contributed by atoms with Gasteiger partial charge >= 0.3 is 0 Å². The van der Waals surface area contributed by atoms with Crippen LogP contribution in [-0.2, 0) is 0 Å². The first kappa shape index (κ1) is 15.3. The molecule has 1 aromatic heterocycles. The molecule has 1 aliphatic rings. The van der Waals surface area contributed by atoms with Gasteiger partial charge in [0.2, 0.25) is 0 Å². The van der Waals surface area contributed by atoms with Crippen LogP contribution in [0.15, 0.2) is 0 Å². The quantitative estimate of drug-likeness (QED) is 0.921. The van der Waals surface area contributed by atoms with Gasteiger partial charge in [0.25, 0.3) is 5.91 Å². The second-order valence-electron chi connectivity index (χ2n) is 5.78. The van der Waals surface area contributed by atoms with Gasteiger partial charge in [-0.2, -0.15) is 0 Å². The smallest absolute Gasteiger partial charge is 0.266 e. The molecule has 0 radical (unpaired) electrons. The number of amides is 1. The molecule has 1 fully saturated rings. The van der Waals surface area contributed by atoms with E-state index < -0.39 is 0 Å². The maximum absolute atomic E-state index is 12.4. The summed E-state index contributed by atoms with van der Waals surface area (Å²) in [6, 6.07) is 0. The van der Waals surface area contributed by atoms with Crippen molar-refractivity contribution in [3.05, 3.63) is 10.6 Å². The summed E-state index contributed by atoms with van der Waals surface area (Å²) in [5.41, 5.74) is 6.41. The van der Waals surface area contributed by atoms with Crippen molar-refractivity contribution in [2.24, 2.45) is 5.92 Å². The number of aromatic nitrogens is 1. The molecule has 0 aromatic carbocycles. The van der Waals surface area contributed by atoms with E-state index >= 15 is 0 Å². The third kappa shape index (κ3) is 3.70. The number of piperazine rings is 1. The third-order valence-corrected chi connectivity index (χ3v) is 4.66. The lowest BCUT2D eigenvalue weighted by atomic mass is 10.1. The zero-order valence-electron chi connectivity index (χ0n) is 12.6. The lowest BCUT2D eigenvalue weighted by Gasteiger charge is -2.34. The van der Waals surface area contributed by atoms with Gasteiger partial charge < -0.3 is 10.6 Å². The van der Waals surface area contributed by atoms with Crippen molar-refractivity contribution < 1.29 is 4.79 Å². The predicted octanol–water partition coefficient (Wildman–Crippen LogP) is 1.84. The normalized spacial score (nSPS) is 16.9. The Balaban J connectivity index is 1.87. The van der Waals surface area contributed by atoms with Gasteiger partial charge in [-0.3, -0.25) is 9.69 Å². The molecule has 1 aliphatic heterocycles. The highest BCUT2D eigenvalue weighted by Gasteiger charge is 2.24. The molecular formula is C14H24N4OS. The lowest BCUT2D eigenvalue weighted by molar-refractivity contribution is 0.0635. The predicted molar refractivity (Wildman–Crippen MR) is 83.1 cm³/mol. The Bertz CT molecular complexity index is 464. The molecule has 0 aliphatic carbocycles. The van der Waals surface area contributed by atoms with Gasteiger partial charge in [-0.25, -0.2) is 4.98 Å². The number of carbonyl (C=O) groups is 1. The highest BCUT2D eigenvalue weighted by atomic mass is 32.1. The highest BCUT2D eigenvalue weighted by molar-refractivity contribution is 7.17. The Morgan fingerprint density at radius 2 is 2.00 bits per heavy atom. The fraction of sp³-hybridized carbons (Fsp3) is 0.714. The van der Waals surface area contributed by atoms with Crippen LogP contribution in [0.4, 0.5) is 5.13 Å². The number of rotatable bonds is 4. The summed E-state index contributed by atoms with van der Waals surface area (Å²) in [6.45, 7) is 11.0. The van der Waals surface area contributed by atoms with Crippen molar-refractivity contribution >= 4 is 22.4 Å². The fourth-order valence-corrected chi connectivity index (χ4v) is 3.18. The van der Waals surface area contributed by atoms with E-state index in [2.05, 4.69) is 23.7 Å². The molecule has 5 nitrogen and oxygen atoms in total. The minimum Gasteiger partial charge on any atom is -0.375 e. The summed E-state index contributed by atoms with van der Waals surface area (Å²) < 4.78 is 0. The Morgan fingerprint density at radius 3 is 2.50 bits per heavy atom. The van der Waals surface area contributed by atoms with E-state index in [1.54, 1.807) is 0 Å². The molecule has 6 heteroatoms. The van der Waals surface area contributed by atoms with Gasteiger partial charge in [0.15, 0.2) is 5.13 Å². The second-order valence-corrected chi connectivity index (χ2v) is 6.81. The van der Waals surface area contributed by atoms with Crippen LogP contribution in [0.5, 0.6) is 0 Å². The molecule has 1 amide bonds. The van der Waals surface area contributed by atoms with Gasteiger partial charge in [-0.1, -0.05) is 25.2 Å². The zero-order valence-corrected chi connectivity index (χ0v) is 13.4. The molecule has 2 heterocycles. The molecule has 112 valence electrons. The molecule has 20 heavy (non-hydrogen) atoms. The molecule has 1 aromatic rings. The number of nitrogens with two attached hydrogens (primary N) is 1. The summed E-state index contributed by atoms with van der Waals surface area (Å²) in [4.78, 5) is 21.6.